The zero-order valence-electron chi connectivity index (χ0n) is 23.4. The molecule has 4 aromatic rings. The van der Waals surface area contributed by atoms with E-state index in [1.54, 1.807) is 31.4 Å². The third-order valence-corrected chi connectivity index (χ3v) is 7.72. The lowest BCUT2D eigenvalue weighted by molar-refractivity contribution is -0.384. The third-order valence-electron chi connectivity index (χ3n) is 6.54. The van der Waals surface area contributed by atoms with Crippen molar-refractivity contribution >= 4 is 43.5 Å². The van der Waals surface area contributed by atoms with Crippen LogP contribution in [0, 0.1) is 17.0 Å². The summed E-state index contributed by atoms with van der Waals surface area (Å²) in [5, 5.41) is 20.5. The number of hydrogen-bond acceptors (Lipinski definition) is 6. The average molecular weight is 699 g/mol. The maximum atomic E-state index is 11.3. The van der Waals surface area contributed by atoms with Crippen molar-refractivity contribution in [1.29, 1.82) is 0 Å². The molecule has 42 heavy (non-hydrogen) atoms. The van der Waals surface area contributed by atoms with E-state index in [9.17, 15) is 20.0 Å². The molecule has 0 bridgehead atoms. The van der Waals surface area contributed by atoms with Crippen molar-refractivity contribution in [3.63, 3.8) is 0 Å². The normalized spacial score (nSPS) is 11.7. The van der Waals surface area contributed by atoms with Crippen LogP contribution >= 0.6 is 31.9 Å². The number of nitro benzene ring substituents is 1. The molecule has 0 amide bonds. The second-order valence-corrected chi connectivity index (χ2v) is 11.7. The summed E-state index contributed by atoms with van der Waals surface area (Å²) in [4.78, 5) is 22.0. The molecule has 218 valence electrons. The zero-order valence-corrected chi connectivity index (χ0v) is 26.6. The number of hydrogen-bond donors (Lipinski definition) is 1. The highest BCUT2D eigenvalue weighted by molar-refractivity contribution is 9.11. The molecule has 0 radical (unpaired) electrons. The number of nitrogens with zero attached hydrogens (tertiary/aromatic N) is 1. The largest absolute Gasteiger partial charge is 0.496 e. The number of carboxylic acids is 1. The Morgan fingerprint density at radius 3 is 2.14 bits per heavy atom. The third kappa shape index (κ3) is 7.30. The minimum absolute atomic E-state index is 0.0394. The molecular weight excluding hydrogens is 670 g/mol. The molecule has 1 N–H and O–H groups in total. The van der Waals surface area contributed by atoms with E-state index in [1.165, 1.54) is 12.1 Å². The molecule has 0 fully saturated rings. The van der Waals surface area contributed by atoms with Crippen molar-refractivity contribution in [3.05, 3.63) is 120 Å². The number of methoxy groups -OCH3 is 1. The van der Waals surface area contributed by atoms with Gasteiger partial charge in [0.2, 0.25) is 0 Å². The van der Waals surface area contributed by atoms with Crippen LogP contribution in [0.5, 0.6) is 23.0 Å². The van der Waals surface area contributed by atoms with E-state index in [1.807, 2.05) is 43.3 Å². The quantitative estimate of drug-likeness (QED) is 0.123. The van der Waals surface area contributed by atoms with Crippen molar-refractivity contribution in [1.82, 2.24) is 0 Å². The smallest absolute Gasteiger partial charge is 0.307 e. The van der Waals surface area contributed by atoms with Gasteiger partial charge in [0.1, 0.15) is 17.2 Å². The molecule has 0 saturated carbocycles. The monoisotopic (exact) mass is 697 g/mol. The maximum absolute atomic E-state index is 11.3. The Labute approximate surface area is 260 Å². The lowest BCUT2D eigenvalue weighted by atomic mass is 9.94. The van der Waals surface area contributed by atoms with Gasteiger partial charge in [-0.15, -0.1) is 0 Å². The Hall–Kier alpha value is -3.89. The number of aryl methyl sites for hydroxylation is 1. The lowest BCUT2D eigenvalue weighted by Crippen LogP contribution is -2.12. The van der Waals surface area contributed by atoms with Gasteiger partial charge in [0.25, 0.3) is 5.69 Å². The molecule has 10 heteroatoms. The van der Waals surface area contributed by atoms with Crippen LogP contribution in [0.4, 0.5) is 5.69 Å². The fourth-order valence-electron chi connectivity index (χ4n) is 4.54. The van der Waals surface area contributed by atoms with Crippen LogP contribution in [-0.4, -0.2) is 23.1 Å². The van der Waals surface area contributed by atoms with Crippen molar-refractivity contribution in [2.45, 2.75) is 39.2 Å². The fraction of sp³-hybridized carbons (Fsp3) is 0.219. The first kappa shape index (κ1) is 31.1. The van der Waals surface area contributed by atoms with Crippen molar-refractivity contribution in [2.24, 2.45) is 0 Å². The molecule has 0 aliphatic heterocycles. The van der Waals surface area contributed by atoms with Crippen molar-refractivity contribution in [3.8, 4) is 23.0 Å². The molecule has 0 heterocycles. The van der Waals surface area contributed by atoms with E-state index >= 15 is 0 Å². The van der Waals surface area contributed by atoms with Gasteiger partial charge < -0.3 is 19.3 Å². The summed E-state index contributed by atoms with van der Waals surface area (Å²) in [5.74, 6) is 1.22. The zero-order chi connectivity index (χ0) is 30.6. The van der Waals surface area contributed by atoms with Crippen molar-refractivity contribution in [2.75, 3.05) is 7.11 Å². The standard InChI is InChI=1S/C32H29Br2NO7/c1-18(2)24-16-29(42-32-26(33)13-20(14-27(32)34)15-30(36)37)25(17-28(24)40-4)31(21-7-5-6-19(3)12-21)41-23-10-8-22(9-11-23)35(38)39/h5-14,16-18,31H,15H2,1-4H3,(H,36,37). The van der Waals surface area contributed by atoms with E-state index < -0.39 is 17.0 Å². The first-order chi connectivity index (χ1) is 20.0. The van der Waals surface area contributed by atoms with Crippen LogP contribution in [0.25, 0.3) is 0 Å². The number of aliphatic carboxylic acids is 1. The van der Waals surface area contributed by atoms with Gasteiger partial charge in [-0.3, -0.25) is 14.9 Å². The summed E-state index contributed by atoms with van der Waals surface area (Å²) in [7, 11) is 1.61. The minimum atomic E-state index is -0.939. The second-order valence-electron chi connectivity index (χ2n) is 10.0. The maximum Gasteiger partial charge on any atom is 0.307 e. The Morgan fingerprint density at radius 1 is 0.952 bits per heavy atom. The van der Waals surface area contributed by atoms with Crippen molar-refractivity contribution < 1.29 is 29.0 Å². The number of carboxylic acid groups (broad SMARTS) is 1. The topological polar surface area (TPSA) is 108 Å². The highest BCUT2D eigenvalue weighted by Crippen LogP contribution is 2.45. The molecule has 0 aliphatic rings. The SMILES string of the molecule is COc1cc(C(Oc2ccc([N+](=O)[O-])cc2)c2cccc(C)c2)c(Oc2c(Br)cc(CC(=O)O)cc2Br)cc1C(C)C. The molecule has 8 nitrogen and oxygen atoms in total. The molecule has 1 unspecified atom stereocenters. The molecule has 4 aromatic carbocycles. The summed E-state index contributed by atoms with van der Waals surface area (Å²) in [6, 6.07) is 21.0. The second kappa shape index (κ2) is 13.4. The Bertz CT molecular complexity index is 1600. The van der Waals surface area contributed by atoms with Crippen LogP contribution in [-0.2, 0) is 11.2 Å². The molecule has 1 atom stereocenters. The number of benzene rings is 4. The summed E-state index contributed by atoms with van der Waals surface area (Å²) in [6.45, 7) is 6.09. The molecule has 0 aliphatic carbocycles. The highest BCUT2D eigenvalue weighted by Gasteiger charge is 2.26. The van der Waals surface area contributed by atoms with Gasteiger partial charge in [-0.25, -0.2) is 0 Å². The number of nitro groups is 1. The molecule has 0 aromatic heterocycles. The Balaban J connectivity index is 1.90. The van der Waals surface area contributed by atoms with Gasteiger partial charge in [0.05, 0.1) is 27.4 Å². The van der Waals surface area contributed by atoms with Gasteiger partial charge in [0.15, 0.2) is 11.9 Å². The fourth-order valence-corrected chi connectivity index (χ4v) is 5.98. The summed E-state index contributed by atoms with van der Waals surface area (Å²) in [5.41, 5.74) is 4.01. The molecule has 0 saturated heterocycles. The van der Waals surface area contributed by atoms with E-state index in [4.69, 9.17) is 14.2 Å². The first-order valence-electron chi connectivity index (χ1n) is 13.0. The van der Waals surface area contributed by atoms with E-state index in [2.05, 4.69) is 45.7 Å². The molecule has 4 rings (SSSR count). The van der Waals surface area contributed by atoms with E-state index in [0.29, 0.717) is 43.1 Å². The molecular formula is C32H29Br2NO7. The predicted molar refractivity (Wildman–Crippen MR) is 167 cm³/mol. The van der Waals surface area contributed by atoms with Crippen LogP contribution in [0.3, 0.4) is 0 Å². The van der Waals surface area contributed by atoms with Gasteiger partial charge in [-0.05, 0) is 92.2 Å². The van der Waals surface area contributed by atoms with Crippen LogP contribution in [0.1, 0.15) is 53.7 Å². The van der Waals surface area contributed by atoms with Crippen LogP contribution in [0.15, 0.2) is 81.7 Å². The van der Waals surface area contributed by atoms with E-state index in [0.717, 1.165) is 16.7 Å². The molecule has 0 spiro atoms. The number of non-ortho nitro benzene ring substituents is 1. The highest BCUT2D eigenvalue weighted by atomic mass is 79.9. The Kier molecular flexibility index (Phi) is 9.90. The van der Waals surface area contributed by atoms with E-state index in [-0.39, 0.29) is 18.0 Å². The average Bonchev–Trinajstić information content (AvgIpc) is 2.93. The lowest BCUT2D eigenvalue weighted by Gasteiger charge is -2.25. The number of ether oxygens (including phenoxy) is 3. The number of rotatable bonds is 11. The van der Waals surface area contributed by atoms with Gasteiger partial charge >= 0.3 is 5.97 Å². The van der Waals surface area contributed by atoms with Crippen LogP contribution in [0.2, 0.25) is 0 Å². The van der Waals surface area contributed by atoms with Gasteiger partial charge in [-0.1, -0.05) is 43.7 Å². The number of carbonyl (C=O) groups is 1. The first-order valence-corrected chi connectivity index (χ1v) is 14.6. The van der Waals surface area contributed by atoms with Gasteiger partial charge in [-0.2, -0.15) is 0 Å². The summed E-state index contributed by atoms with van der Waals surface area (Å²) < 4.78 is 20.0. The summed E-state index contributed by atoms with van der Waals surface area (Å²) >= 11 is 7.10. The number of halogens is 2. The van der Waals surface area contributed by atoms with Crippen LogP contribution < -0.4 is 14.2 Å². The van der Waals surface area contributed by atoms with Gasteiger partial charge in [0, 0.05) is 23.3 Å². The Morgan fingerprint density at radius 2 is 1.60 bits per heavy atom. The minimum Gasteiger partial charge on any atom is -0.496 e. The summed E-state index contributed by atoms with van der Waals surface area (Å²) in [6.07, 6.45) is -0.818. The predicted octanol–water partition coefficient (Wildman–Crippen LogP) is 9.15.